The van der Waals surface area contributed by atoms with E-state index in [1.165, 1.54) is 0 Å². The first kappa shape index (κ1) is 17.5. The Morgan fingerprint density at radius 3 is 2.39 bits per heavy atom. The Morgan fingerprint density at radius 2 is 1.91 bits per heavy atom. The predicted octanol–water partition coefficient (Wildman–Crippen LogP) is 1.65. The van der Waals surface area contributed by atoms with Crippen molar-refractivity contribution in [2.24, 2.45) is 11.3 Å². The van der Waals surface area contributed by atoms with E-state index in [9.17, 15) is 19.8 Å². The summed E-state index contributed by atoms with van der Waals surface area (Å²) in [5, 5.41) is 18.8. The van der Waals surface area contributed by atoms with Gasteiger partial charge in [-0.2, -0.15) is 0 Å². The van der Waals surface area contributed by atoms with Gasteiger partial charge in [0.25, 0.3) is 0 Å². The highest BCUT2D eigenvalue weighted by Gasteiger charge is 2.38. The Labute approximate surface area is 137 Å². The third kappa shape index (κ3) is 3.93. The van der Waals surface area contributed by atoms with Crippen LogP contribution < -0.4 is 0 Å². The van der Waals surface area contributed by atoms with Gasteiger partial charge in [-0.15, -0.1) is 0 Å². The summed E-state index contributed by atoms with van der Waals surface area (Å²) in [5.41, 5.74) is -0.247. The number of piperidine rings is 1. The number of likely N-dealkylation sites (tertiary alicyclic amines) is 1. The Kier molecular flexibility index (Phi) is 5.14. The van der Waals surface area contributed by atoms with E-state index in [0.717, 1.165) is 32.5 Å². The van der Waals surface area contributed by atoms with Gasteiger partial charge in [0, 0.05) is 31.8 Å². The van der Waals surface area contributed by atoms with Crippen LogP contribution in [0.3, 0.4) is 0 Å². The molecule has 23 heavy (non-hydrogen) atoms. The Bertz CT molecular complexity index is 545. The minimum atomic E-state index is -1.14. The fourth-order valence-corrected chi connectivity index (χ4v) is 3.38. The fraction of sp³-hybridized carbons (Fsp3) is 0.647. The molecular weight excluding hydrogens is 296 g/mol. The maximum atomic E-state index is 11.6. The molecule has 0 radical (unpaired) electrons. The van der Waals surface area contributed by atoms with Crippen molar-refractivity contribution in [3.8, 4) is 0 Å². The van der Waals surface area contributed by atoms with Crippen LogP contribution in [0.1, 0.15) is 26.2 Å². The van der Waals surface area contributed by atoms with Gasteiger partial charge in [-0.05, 0) is 45.9 Å². The molecule has 6 nitrogen and oxygen atoms in total. The van der Waals surface area contributed by atoms with Crippen LogP contribution in [-0.2, 0) is 9.59 Å². The Hall–Kier alpha value is -1.82. The molecule has 0 spiro atoms. The van der Waals surface area contributed by atoms with Crippen molar-refractivity contribution in [1.29, 1.82) is 0 Å². The molecular formula is C17H26N2O4. The maximum Gasteiger partial charge on any atom is 0.333 e. The summed E-state index contributed by atoms with van der Waals surface area (Å²) < 4.78 is 0. The van der Waals surface area contributed by atoms with Crippen LogP contribution >= 0.6 is 0 Å². The molecule has 128 valence electrons. The minimum Gasteiger partial charge on any atom is -0.481 e. The van der Waals surface area contributed by atoms with Crippen molar-refractivity contribution < 1.29 is 19.8 Å². The van der Waals surface area contributed by atoms with Gasteiger partial charge >= 0.3 is 11.9 Å². The molecule has 0 saturated carbocycles. The standard InChI is InChI=1S/C17H26N2O4/c1-17(16(22)23)7-4-14(13(10-17)15(20)21)19-8-5-12(6-9-19)11-18(2)3/h4,7,12H,5-6,8-11H2,1-3H3,(H,20,21)(H,22,23). The monoisotopic (exact) mass is 322 g/mol. The van der Waals surface area contributed by atoms with Crippen molar-refractivity contribution in [3.63, 3.8) is 0 Å². The molecule has 1 heterocycles. The largest absolute Gasteiger partial charge is 0.481 e. The van der Waals surface area contributed by atoms with Gasteiger partial charge in [-0.1, -0.05) is 6.08 Å². The quantitative estimate of drug-likeness (QED) is 0.801. The molecule has 0 bridgehead atoms. The lowest BCUT2D eigenvalue weighted by atomic mass is 9.78. The number of hydrogen-bond donors (Lipinski definition) is 2. The summed E-state index contributed by atoms with van der Waals surface area (Å²) in [7, 11) is 4.13. The molecule has 0 aromatic rings. The molecule has 1 atom stereocenters. The van der Waals surface area contributed by atoms with E-state index in [1.54, 1.807) is 19.1 Å². The zero-order chi connectivity index (χ0) is 17.2. The number of allylic oxidation sites excluding steroid dienone is 1. The molecule has 0 aromatic heterocycles. The van der Waals surface area contributed by atoms with Gasteiger partial charge < -0.3 is 20.0 Å². The van der Waals surface area contributed by atoms with Crippen LogP contribution in [0.5, 0.6) is 0 Å². The highest BCUT2D eigenvalue weighted by molar-refractivity contribution is 5.91. The van der Waals surface area contributed by atoms with E-state index in [0.29, 0.717) is 11.6 Å². The second kappa shape index (κ2) is 6.74. The summed E-state index contributed by atoms with van der Waals surface area (Å²) in [5.74, 6) is -1.38. The Morgan fingerprint density at radius 1 is 1.30 bits per heavy atom. The van der Waals surface area contributed by atoms with E-state index < -0.39 is 17.4 Å². The normalized spacial score (nSPS) is 26.0. The molecule has 2 N–H and O–H groups in total. The molecule has 2 rings (SSSR count). The lowest BCUT2D eigenvalue weighted by molar-refractivity contribution is -0.145. The summed E-state index contributed by atoms with van der Waals surface area (Å²) >= 11 is 0. The van der Waals surface area contributed by atoms with E-state index in [-0.39, 0.29) is 12.0 Å². The lowest BCUT2D eigenvalue weighted by Gasteiger charge is -2.38. The van der Waals surface area contributed by atoms with E-state index in [4.69, 9.17) is 0 Å². The molecule has 1 saturated heterocycles. The van der Waals surface area contributed by atoms with Gasteiger partial charge in [-0.25, -0.2) is 4.79 Å². The molecule has 0 aromatic carbocycles. The first-order valence-electron chi connectivity index (χ1n) is 8.01. The van der Waals surface area contributed by atoms with E-state index >= 15 is 0 Å². The van der Waals surface area contributed by atoms with Gasteiger partial charge in [0.15, 0.2) is 0 Å². The average Bonchev–Trinajstić information content (AvgIpc) is 2.47. The minimum absolute atomic E-state index is 0.0289. The second-order valence-electron chi connectivity index (χ2n) is 7.09. The SMILES string of the molecule is CN(C)CC1CCN(C2=C(C(=O)O)CC(C)(C(=O)O)C=C2)CC1. The zero-order valence-corrected chi connectivity index (χ0v) is 14.1. The van der Waals surface area contributed by atoms with Gasteiger partial charge in [-0.3, -0.25) is 4.79 Å². The molecule has 2 aliphatic rings. The van der Waals surface area contributed by atoms with Crippen LogP contribution in [0.15, 0.2) is 23.4 Å². The second-order valence-corrected chi connectivity index (χ2v) is 7.09. The zero-order valence-electron chi connectivity index (χ0n) is 14.1. The van der Waals surface area contributed by atoms with Crippen molar-refractivity contribution in [1.82, 2.24) is 9.80 Å². The van der Waals surface area contributed by atoms with Crippen molar-refractivity contribution in [2.75, 3.05) is 33.7 Å². The number of carbonyl (C=O) groups is 2. The van der Waals surface area contributed by atoms with E-state index in [1.807, 2.05) is 0 Å². The number of hydrogen-bond acceptors (Lipinski definition) is 4. The lowest BCUT2D eigenvalue weighted by Crippen LogP contribution is -2.39. The molecule has 1 unspecified atom stereocenters. The Balaban J connectivity index is 2.14. The highest BCUT2D eigenvalue weighted by Crippen LogP contribution is 2.36. The summed E-state index contributed by atoms with van der Waals surface area (Å²) in [4.78, 5) is 27.3. The molecule has 0 amide bonds. The van der Waals surface area contributed by atoms with Crippen molar-refractivity contribution >= 4 is 11.9 Å². The van der Waals surface area contributed by atoms with Gasteiger partial charge in [0.2, 0.25) is 0 Å². The van der Waals surface area contributed by atoms with Crippen LogP contribution in [0.25, 0.3) is 0 Å². The summed E-state index contributed by atoms with van der Waals surface area (Å²) in [6.07, 6.45) is 5.40. The summed E-state index contributed by atoms with van der Waals surface area (Å²) in [6, 6.07) is 0. The first-order chi connectivity index (χ1) is 10.7. The van der Waals surface area contributed by atoms with E-state index in [2.05, 4.69) is 23.9 Å². The number of carboxylic acid groups (broad SMARTS) is 2. The number of carboxylic acids is 2. The fourth-order valence-electron chi connectivity index (χ4n) is 3.38. The van der Waals surface area contributed by atoms with Gasteiger partial charge in [0.1, 0.15) is 0 Å². The van der Waals surface area contributed by atoms with Crippen molar-refractivity contribution in [3.05, 3.63) is 23.4 Å². The highest BCUT2D eigenvalue weighted by atomic mass is 16.4. The smallest absolute Gasteiger partial charge is 0.333 e. The molecule has 6 heteroatoms. The number of aliphatic carboxylic acids is 2. The maximum absolute atomic E-state index is 11.6. The van der Waals surface area contributed by atoms with Crippen LogP contribution in [0.2, 0.25) is 0 Å². The molecule has 1 aliphatic heterocycles. The first-order valence-corrected chi connectivity index (χ1v) is 8.01. The third-order valence-corrected chi connectivity index (χ3v) is 4.79. The van der Waals surface area contributed by atoms with Crippen molar-refractivity contribution in [2.45, 2.75) is 26.2 Å². The summed E-state index contributed by atoms with van der Waals surface area (Å²) in [6.45, 7) is 4.25. The predicted molar refractivity (Wildman–Crippen MR) is 87.0 cm³/mol. The topological polar surface area (TPSA) is 81.1 Å². The van der Waals surface area contributed by atoms with Crippen LogP contribution in [0, 0.1) is 11.3 Å². The number of rotatable bonds is 5. The number of nitrogens with zero attached hydrogens (tertiary/aromatic N) is 2. The van der Waals surface area contributed by atoms with Crippen LogP contribution in [0.4, 0.5) is 0 Å². The average molecular weight is 322 g/mol. The third-order valence-electron chi connectivity index (χ3n) is 4.79. The van der Waals surface area contributed by atoms with Crippen LogP contribution in [-0.4, -0.2) is 65.7 Å². The molecule has 1 fully saturated rings. The van der Waals surface area contributed by atoms with Gasteiger partial charge in [0.05, 0.1) is 11.0 Å². The molecule has 1 aliphatic carbocycles.